The van der Waals surface area contributed by atoms with Gasteiger partial charge in [0.1, 0.15) is 11.9 Å². The largest absolute Gasteiger partial charge is 0.485 e. The second-order valence-corrected chi connectivity index (χ2v) is 18.0. The molecule has 10 rings (SSSR count). The quantitative estimate of drug-likeness (QED) is 0.195. The van der Waals surface area contributed by atoms with Crippen LogP contribution < -0.4 is 10.1 Å². The van der Waals surface area contributed by atoms with E-state index in [1.54, 1.807) is 0 Å². The van der Waals surface area contributed by atoms with Crippen LogP contribution in [-0.4, -0.2) is 6.10 Å². The van der Waals surface area contributed by atoms with Gasteiger partial charge in [-0.2, -0.15) is 0 Å². The van der Waals surface area contributed by atoms with Gasteiger partial charge in [-0.25, -0.2) is 0 Å². The van der Waals surface area contributed by atoms with Crippen LogP contribution in [0.5, 0.6) is 5.75 Å². The van der Waals surface area contributed by atoms with Gasteiger partial charge in [-0.05, 0) is 126 Å². The molecule has 1 heterocycles. The maximum Gasteiger partial charge on any atom is 0.125 e. The van der Waals surface area contributed by atoms with Crippen LogP contribution in [0.2, 0.25) is 0 Å². The van der Waals surface area contributed by atoms with Gasteiger partial charge < -0.3 is 10.1 Å². The first-order chi connectivity index (χ1) is 30.6. The van der Waals surface area contributed by atoms with Crippen LogP contribution in [0.15, 0.2) is 235 Å². The highest BCUT2D eigenvalue weighted by molar-refractivity contribution is 5.72. The minimum Gasteiger partial charge on any atom is -0.485 e. The molecule has 0 saturated heterocycles. The molecule has 0 saturated carbocycles. The fraction of sp³-hybridized carbons (Fsp3) is 0.250. The van der Waals surface area contributed by atoms with E-state index in [0.29, 0.717) is 11.8 Å². The summed E-state index contributed by atoms with van der Waals surface area (Å²) in [6, 6.07) is 27.1. The van der Waals surface area contributed by atoms with E-state index in [-0.39, 0.29) is 23.5 Å². The lowest BCUT2D eigenvalue weighted by molar-refractivity contribution is 0.139. The molecular weight excluding hydrogens is 751 g/mol. The third kappa shape index (κ3) is 7.21. The molecule has 1 aliphatic heterocycles. The fourth-order valence-electron chi connectivity index (χ4n) is 11.3. The molecule has 6 aliphatic carbocycles. The first-order valence-corrected chi connectivity index (χ1v) is 22.9. The second-order valence-electron chi connectivity index (χ2n) is 18.0. The van der Waals surface area contributed by atoms with Crippen molar-refractivity contribution in [2.24, 2.45) is 23.2 Å². The van der Waals surface area contributed by atoms with E-state index < -0.39 is 5.41 Å². The van der Waals surface area contributed by atoms with Gasteiger partial charge in [0.25, 0.3) is 0 Å². The Bertz CT molecular complexity index is 2670. The van der Waals surface area contributed by atoms with Crippen LogP contribution in [0.25, 0.3) is 11.1 Å². The molecule has 7 unspecified atom stereocenters. The molecule has 2 heteroatoms. The molecule has 3 aromatic carbocycles. The summed E-state index contributed by atoms with van der Waals surface area (Å²) < 4.78 is 6.77. The zero-order chi connectivity index (χ0) is 41.9. The maximum absolute atomic E-state index is 6.77. The summed E-state index contributed by atoms with van der Waals surface area (Å²) in [4.78, 5) is 0. The van der Waals surface area contributed by atoms with Gasteiger partial charge in [-0.15, -0.1) is 5.73 Å². The molecule has 0 bridgehead atoms. The Hall–Kier alpha value is -6.34. The minimum absolute atomic E-state index is 0.0341. The molecule has 0 aromatic heterocycles. The maximum atomic E-state index is 6.77. The number of nitrogens with one attached hydrogen (secondary N) is 1. The van der Waals surface area contributed by atoms with E-state index in [1.807, 2.05) is 0 Å². The van der Waals surface area contributed by atoms with Crippen LogP contribution in [-0.2, 0) is 5.41 Å². The van der Waals surface area contributed by atoms with Crippen LogP contribution in [0.4, 0.5) is 0 Å². The normalized spacial score (nSPS) is 28.1. The molecule has 0 fully saturated rings. The lowest BCUT2D eigenvalue weighted by atomic mass is 9.57. The van der Waals surface area contributed by atoms with Gasteiger partial charge in [0.2, 0.25) is 0 Å². The summed E-state index contributed by atoms with van der Waals surface area (Å²) in [6.07, 6.45) is 53.5. The number of fused-ring (bicyclic) bond motifs is 5. The van der Waals surface area contributed by atoms with Gasteiger partial charge in [0.15, 0.2) is 0 Å². The van der Waals surface area contributed by atoms with Gasteiger partial charge in [0.05, 0.1) is 11.5 Å². The smallest absolute Gasteiger partial charge is 0.125 e. The lowest BCUT2D eigenvalue weighted by Gasteiger charge is -2.49. The van der Waals surface area contributed by atoms with Crippen molar-refractivity contribution >= 4 is 0 Å². The lowest BCUT2D eigenvalue weighted by Crippen LogP contribution is -2.49. The van der Waals surface area contributed by atoms with Gasteiger partial charge in [-0.1, -0.05) is 183 Å². The first kappa shape index (κ1) is 39.8. The van der Waals surface area contributed by atoms with Crippen molar-refractivity contribution in [3.8, 4) is 16.9 Å². The summed E-state index contributed by atoms with van der Waals surface area (Å²) in [6.45, 7) is 6.44. The number of rotatable bonds is 11. The summed E-state index contributed by atoms with van der Waals surface area (Å²) in [7, 11) is 0. The predicted molar refractivity (Wildman–Crippen MR) is 258 cm³/mol. The number of ether oxygens (including phenoxy) is 1. The van der Waals surface area contributed by atoms with Crippen LogP contribution in [0.1, 0.15) is 74.6 Å². The molecule has 0 amide bonds. The van der Waals surface area contributed by atoms with Crippen molar-refractivity contribution in [1.29, 1.82) is 0 Å². The SMILES string of the molecule is C=C=CCC(N/C(=C\CC1=CC=CCC1)C1=CC2=CCC3C=CC=CC3C2(C)C=C1)c1ccccc1-c1cccc(C2(C3=CCCC=C3)c3ccccc3OC3C=CC=CC32)c1. The van der Waals surface area contributed by atoms with Crippen molar-refractivity contribution in [2.75, 3.05) is 0 Å². The molecular formula is C60H57NO. The fourth-order valence-corrected chi connectivity index (χ4v) is 11.3. The van der Waals surface area contributed by atoms with Crippen molar-refractivity contribution in [3.05, 3.63) is 251 Å². The van der Waals surface area contributed by atoms with Crippen LogP contribution in [0.3, 0.4) is 0 Å². The number of benzene rings is 3. The molecule has 7 atom stereocenters. The Morgan fingerprint density at radius 2 is 1.71 bits per heavy atom. The van der Waals surface area contributed by atoms with Crippen LogP contribution in [0, 0.1) is 23.2 Å². The highest BCUT2D eigenvalue weighted by Gasteiger charge is 2.52. The Kier molecular flexibility index (Phi) is 11.0. The van der Waals surface area contributed by atoms with E-state index >= 15 is 0 Å². The predicted octanol–water partition coefficient (Wildman–Crippen LogP) is 14.5. The second kappa shape index (κ2) is 17.2. The van der Waals surface area contributed by atoms with E-state index in [4.69, 9.17) is 4.74 Å². The van der Waals surface area contributed by atoms with Crippen molar-refractivity contribution < 1.29 is 4.74 Å². The summed E-state index contributed by atoms with van der Waals surface area (Å²) in [5.74, 6) is 2.06. The molecule has 7 aliphatic rings. The third-order valence-corrected chi connectivity index (χ3v) is 14.5. The monoisotopic (exact) mass is 807 g/mol. The zero-order valence-corrected chi connectivity index (χ0v) is 35.9. The molecule has 0 spiro atoms. The Morgan fingerprint density at radius 3 is 2.58 bits per heavy atom. The molecule has 308 valence electrons. The third-order valence-electron chi connectivity index (χ3n) is 14.5. The molecule has 3 aromatic rings. The molecule has 62 heavy (non-hydrogen) atoms. The summed E-state index contributed by atoms with van der Waals surface area (Å²) in [5.41, 5.74) is 15.5. The number of hydrogen-bond donors (Lipinski definition) is 1. The highest BCUT2D eigenvalue weighted by Crippen LogP contribution is 2.56. The van der Waals surface area contributed by atoms with Gasteiger partial charge in [-0.3, -0.25) is 0 Å². The zero-order valence-electron chi connectivity index (χ0n) is 35.9. The van der Waals surface area contributed by atoms with E-state index in [9.17, 15) is 0 Å². The highest BCUT2D eigenvalue weighted by atomic mass is 16.5. The van der Waals surface area contributed by atoms with E-state index in [2.05, 4.69) is 219 Å². The van der Waals surface area contributed by atoms with Crippen molar-refractivity contribution in [2.45, 2.75) is 69.4 Å². The van der Waals surface area contributed by atoms with E-state index in [1.165, 1.54) is 55.8 Å². The van der Waals surface area contributed by atoms with Crippen LogP contribution >= 0.6 is 0 Å². The Morgan fingerprint density at radius 1 is 0.855 bits per heavy atom. The van der Waals surface area contributed by atoms with E-state index in [0.717, 1.165) is 50.7 Å². The molecule has 1 N–H and O–H groups in total. The number of para-hydroxylation sites is 1. The number of allylic oxidation sites excluding steroid dienone is 20. The minimum atomic E-state index is -0.434. The topological polar surface area (TPSA) is 21.3 Å². The van der Waals surface area contributed by atoms with Crippen molar-refractivity contribution in [1.82, 2.24) is 5.32 Å². The van der Waals surface area contributed by atoms with Gasteiger partial charge in [0, 0.05) is 22.6 Å². The molecule has 2 nitrogen and oxygen atoms in total. The average molecular weight is 808 g/mol. The summed E-state index contributed by atoms with van der Waals surface area (Å²) >= 11 is 0. The van der Waals surface area contributed by atoms with Gasteiger partial charge >= 0.3 is 0 Å². The Labute approximate surface area is 369 Å². The average Bonchev–Trinajstić information content (AvgIpc) is 3.33. The van der Waals surface area contributed by atoms with Crippen molar-refractivity contribution in [3.63, 3.8) is 0 Å². The Balaban J connectivity index is 1.07. The summed E-state index contributed by atoms with van der Waals surface area (Å²) in [5, 5.41) is 4.17. The molecule has 0 radical (unpaired) electrons. The number of hydrogen-bond acceptors (Lipinski definition) is 2. The standard InChI is InChI=1S/C60H57NO/c1-3-4-32-56(61-55(38-35-43-20-7-5-8-21-43)46-39-40-59(2)48(42-46)37-36-44-22-11-14-29-52(44)59)51-28-13-12-27-50(51)45-23-19-26-49(41-45)60(47-24-9-6-10-25-47)53-30-15-17-33-57(53)62-58-34-18-16-31-54(58)60/h4-5,7,9,11-20,22-31,33-34,37-42,44,52-53,56-57,61H,1,6,8,10,21,32,35-36H2,2H3/b55-38-. The first-order valence-electron chi connectivity index (χ1n) is 22.9.